The van der Waals surface area contributed by atoms with Crippen molar-refractivity contribution in [2.24, 2.45) is 0 Å². The second kappa shape index (κ2) is 9.03. The minimum atomic E-state index is -0.517. The van der Waals surface area contributed by atoms with Crippen LogP contribution in [0.25, 0.3) is 0 Å². The second-order valence-electron chi connectivity index (χ2n) is 5.79. The van der Waals surface area contributed by atoms with Gasteiger partial charge in [-0.05, 0) is 5.56 Å². The van der Waals surface area contributed by atoms with E-state index in [2.05, 4.69) is 10.1 Å². The third-order valence-corrected chi connectivity index (χ3v) is 3.87. The van der Waals surface area contributed by atoms with Gasteiger partial charge in [0.1, 0.15) is 0 Å². The number of ether oxygens (including phenoxy) is 2. The smallest absolute Gasteiger partial charge is 0.409 e. The lowest BCUT2D eigenvalue weighted by Gasteiger charge is -2.32. The largest absolute Gasteiger partial charge is 0.453 e. The SMILES string of the molecule is COC(=O)N(C)CCN1C(=O)C[C@H](COCc2ccccc2)NC1=O. The molecule has 0 radical (unpaired) electrons. The highest BCUT2D eigenvalue weighted by molar-refractivity contribution is 5.97. The Hall–Kier alpha value is -2.61. The molecule has 0 unspecified atom stereocenters. The van der Waals surface area contributed by atoms with Crippen LogP contribution in [0.1, 0.15) is 12.0 Å². The van der Waals surface area contributed by atoms with Gasteiger partial charge in [-0.15, -0.1) is 0 Å². The normalized spacial score (nSPS) is 17.2. The second-order valence-corrected chi connectivity index (χ2v) is 5.79. The average Bonchev–Trinajstić information content (AvgIpc) is 2.61. The highest BCUT2D eigenvalue weighted by Gasteiger charge is 2.32. The molecule has 136 valence electrons. The fourth-order valence-electron chi connectivity index (χ4n) is 2.46. The van der Waals surface area contributed by atoms with E-state index in [-0.39, 0.29) is 38.1 Å². The first-order valence-electron chi connectivity index (χ1n) is 8.03. The Morgan fingerprint density at radius 2 is 2.04 bits per heavy atom. The molecule has 1 aromatic rings. The number of carbonyl (C=O) groups is 3. The van der Waals surface area contributed by atoms with Crippen LogP contribution in [0.3, 0.4) is 0 Å². The summed E-state index contributed by atoms with van der Waals surface area (Å²) < 4.78 is 10.2. The standard InChI is InChI=1S/C17H23N3O5/c1-19(17(23)24-2)8-9-20-15(21)10-14(18-16(20)22)12-25-11-13-6-4-3-5-7-13/h3-7,14H,8-12H2,1-2H3,(H,18,22)/t14-/m1/s1. The summed E-state index contributed by atoms with van der Waals surface area (Å²) in [6.07, 6.45) is -0.348. The first kappa shape index (κ1) is 18.7. The number of benzene rings is 1. The zero-order valence-electron chi connectivity index (χ0n) is 14.4. The van der Waals surface area contributed by atoms with E-state index in [1.165, 1.54) is 12.0 Å². The maximum atomic E-state index is 12.2. The number of urea groups is 1. The molecule has 25 heavy (non-hydrogen) atoms. The van der Waals surface area contributed by atoms with Crippen LogP contribution in [0.2, 0.25) is 0 Å². The van der Waals surface area contributed by atoms with Gasteiger partial charge in [0, 0.05) is 26.6 Å². The Bertz CT molecular complexity index is 590. The van der Waals surface area contributed by atoms with Crippen molar-refractivity contribution in [1.82, 2.24) is 15.1 Å². The van der Waals surface area contributed by atoms with E-state index in [9.17, 15) is 14.4 Å². The van der Waals surface area contributed by atoms with Crippen molar-refractivity contribution in [3.05, 3.63) is 35.9 Å². The quantitative estimate of drug-likeness (QED) is 0.799. The van der Waals surface area contributed by atoms with E-state index < -0.39 is 12.1 Å². The van der Waals surface area contributed by atoms with Gasteiger partial charge in [-0.1, -0.05) is 30.3 Å². The van der Waals surface area contributed by atoms with Crippen molar-refractivity contribution in [2.45, 2.75) is 19.1 Å². The fraction of sp³-hybridized carbons (Fsp3) is 0.471. The van der Waals surface area contributed by atoms with Gasteiger partial charge in [0.05, 0.1) is 26.4 Å². The summed E-state index contributed by atoms with van der Waals surface area (Å²) >= 11 is 0. The van der Waals surface area contributed by atoms with Crippen LogP contribution in [0.5, 0.6) is 0 Å². The van der Waals surface area contributed by atoms with Crippen LogP contribution < -0.4 is 5.32 Å². The van der Waals surface area contributed by atoms with E-state index in [1.54, 1.807) is 7.05 Å². The van der Waals surface area contributed by atoms with Crippen molar-refractivity contribution >= 4 is 18.0 Å². The molecule has 1 fully saturated rings. The van der Waals surface area contributed by atoms with Crippen LogP contribution >= 0.6 is 0 Å². The van der Waals surface area contributed by atoms with Crippen molar-refractivity contribution in [2.75, 3.05) is 33.9 Å². The number of carbonyl (C=O) groups excluding carboxylic acids is 3. The van der Waals surface area contributed by atoms with E-state index in [0.717, 1.165) is 10.5 Å². The Kier molecular flexibility index (Phi) is 6.76. The molecular formula is C17H23N3O5. The Balaban J connectivity index is 1.76. The summed E-state index contributed by atoms with van der Waals surface area (Å²) in [5, 5.41) is 2.76. The molecule has 1 aromatic carbocycles. The third-order valence-electron chi connectivity index (χ3n) is 3.87. The van der Waals surface area contributed by atoms with Gasteiger partial charge in [-0.3, -0.25) is 9.69 Å². The van der Waals surface area contributed by atoms with Gasteiger partial charge in [0.15, 0.2) is 0 Å². The first-order valence-corrected chi connectivity index (χ1v) is 8.03. The van der Waals surface area contributed by atoms with Crippen molar-refractivity contribution in [3.63, 3.8) is 0 Å². The maximum absolute atomic E-state index is 12.2. The monoisotopic (exact) mass is 349 g/mol. The lowest BCUT2D eigenvalue weighted by atomic mass is 10.1. The molecule has 1 saturated heterocycles. The number of amides is 4. The molecule has 0 aliphatic carbocycles. The predicted octanol–water partition coefficient (Wildman–Crippen LogP) is 1.21. The van der Waals surface area contributed by atoms with E-state index in [1.807, 2.05) is 30.3 Å². The minimum absolute atomic E-state index is 0.119. The van der Waals surface area contributed by atoms with Crippen molar-refractivity contribution in [3.8, 4) is 0 Å². The molecule has 1 atom stereocenters. The summed E-state index contributed by atoms with van der Waals surface area (Å²) in [5.74, 6) is -0.282. The van der Waals surface area contributed by atoms with Crippen molar-refractivity contribution in [1.29, 1.82) is 0 Å². The highest BCUT2D eigenvalue weighted by atomic mass is 16.5. The molecule has 1 aliphatic heterocycles. The van der Waals surface area contributed by atoms with Gasteiger partial charge >= 0.3 is 12.1 Å². The van der Waals surface area contributed by atoms with E-state index >= 15 is 0 Å². The number of rotatable bonds is 7. The molecule has 8 nitrogen and oxygen atoms in total. The van der Waals surface area contributed by atoms with Crippen LogP contribution in [0.15, 0.2) is 30.3 Å². The van der Waals surface area contributed by atoms with Crippen LogP contribution in [0, 0.1) is 0 Å². The topological polar surface area (TPSA) is 88.2 Å². The van der Waals surface area contributed by atoms with Crippen molar-refractivity contribution < 1.29 is 23.9 Å². The van der Waals surface area contributed by atoms with Gasteiger partial charge in [-0.2, -0.15) is 0 Å². The average molecular weight is 349 g/mol. The molecule has 0 aromatic heterocycles. The number of likely N-dealkylation sites (N-methyl/N-ethyl adjacent to an activating group) is 1. The number of methoxy groups -OCH3 is 1. The zero-order chi connectivity index (χ0) is 18.2. The van der Waals surface area contributed by atoms with Crippen LogP contribution in [0.4, 0.5) is 9.59 Å². The van der Waals surface area contributed by atoms with Gasteiger partial charge in [0.25, 0.3) is 0 Å². The fourth-order valence-corrected chi connectivity index (χ4v) is 2.46. The molecule has 0 spiro atoms. The molecule has 0 bridgehead atoms. The maximum Gasteiger partial charge on any atom is 0.409 e. The summed E-state index contributed by atoms with van der Waals surface area (Å²) in [7, 11) is 2.82. The zero-order valence-corrected chi connectivity index (χ0v) is 14.4. The molecular weight excluding hydrogens is 326 g/mol. The summed E-state index contributed by atoms with van der Waals surface area (Å²) in [6, 6.07) is 8.85. The number of imide groups is 1. The Morgan fingerprint density at radius 3 is 2.68 bits per heavy atom. The molecule has 1 heterocycles. The van der Waals surface area contributed by atoms with Crippen LogP contribution in [-0.2, 0) is 20.9 Å². The molecule has 2 rings (SSSR count). The first-order chi connectivity index (χ1) is 12.0. The third kappa shape index (κ3) is 5.46. The van der Waals surface area contributed by atoms with E-state index in [4.69, 9.17) is 4.74 Å². The molecule has 4 amide bonds. The Morgan fingerprint density at radius 1 is 1.32 bits per heavy atom. The molecule has 1 N–H and O–H groups in total. The van der Waals surface area contributed by atoms with Gasteiger partial charge < -0.3 is 19.7 Å². The lowest BCUT2D eigenvalue weighted by molar-refractivity contribution is -0.130. The predicted molar refractivity (Wildman–Crippen MR) is 89.8 cm³/mol. The highest BCUT2D eigenvalue weighted by Crippen LogP contribution is 2.10. The summed E-state index contributed by atoms with van der Waals surface area (Å²) in [5.41, 5.74) is 1.03. The number of hydrogen-bond acceptors (Lipinski definition) is 5. The van der Waals surface area contributed by atoms with Gasteiger partial charge in [-0.25, -0.2) is 9.59 Å². The Labute approximate surface area is 146 Å². The lowest BCUT2D eigenvalue weighted by Crippen LogP contribution is -2.57. The number of nitrogens with zero attached hydrogens (tertiary/aromatic N) is 2. The minimum Gasteiger partial charge on any atom is -0.453 e. The summed E-state index contributed by atoms with van der Waals surface area (Å²) in [4.78, 5) is 38.0. The summed E-state index contributed by atoms with van der Waals surface area (Å²) in [6.45, 7) is 1.02. The van der Waals surface area contributed by atoms with E-state index in [0.29, 0.717) is 6.61 Å². The van der Waals surface area contributed by atoms with Gasteiger partial charge in [0.2, 0.25) is 5.91 Å². The molecule has 8 heteroatoms. The number of hydrogen-bond donors (Lipinski definition) is 1. The number of nitrogens with one attached hydrogen (secondary N) is 1. The molecule has 1 aliphatic rings. The van der Waals surface area contributed by atoms with Crippen LogP contribution in [-0.4, -0.2) is 67.7 Å². The molecule has 0 saturated carbocycles.